The standard InChI is InChI=1S/C17H19ClN2O4/c1-16(2,3)13(14(22)23)20-11-5-4-9(18)6-10(11)17(15(20)24)7-12(21)19-8-17/h4-6,13H,7-8H2,1-3H3,(H,19,21)(H,22,23). The molecule has 2 unspecified atom stereocenters. The zero-order chi connectivity index (χ0) is 17.9. The summed E-state index contributed by atoms with van der Waals surface area (Å²) >= 11 is 6.10. The third-order valence-corrected chi connectivity index (χ3v) is 4.96. The Hall–Kier alpha value is -2.08. The van der Waals surface area contributed by atoms with E-state index in [1.807, 2.05) is 0 Å². The molecule has 3 rings (SSSR count). The van der Waals surface area contributed by atoms with Crippen LogP contribution >= 0.6 is 11.6 Å². The zero-order valence-electron chi connectivity index (χ0n) is 13.7. The van der Waals surface area contributed by atoms with Gasteiger partial charge in [-0.3, -0.25) is 14.5 Å². The largest absolute Gasteiger partial charge is 0.480 e. The van der Waals surface area contributed by atoms with Crippen molar-refractivity contribution in [1.29, 1.82) is 0 Å². The molecule has 2 N–H and O–H groups in total. The van der Waals surface area contributed by atoms with Gasteiger partial charge in [0.15, 0.2) is 0 Å². The van der Waals surface area contributed by atoms with Crippen LogP contribution in [0.3, 0.4) is 0 Å². The van der Waals surface area contributed by atoms with Gasteiger partial charge in [0, 0.05) is 23.7 Å². The molecule has 1 spiro atoms. The number of halogens is 1. The molecule has 2 aliphatic heterocycles. The van der Waals surface area contributed by atoms with Gasteiger partial charge in [-0.2, -0.15) is 0 Å². The minimum Gasteiger partial charge on any atom is -0.480 e. The highest BCUT2D eigenvalue weighted by molar-refractivity contribution is 6.31. The number of anilines is 1. The minimum atomic E-state index is -1.08. The van der Waals surface area contributed by atoms with Crippen LogP contribution in [-0.4, -0.2) is 35.5 Å². The van der Waals surface area contributed by atoms with Gasteiger partial charge in [0.1, 0.15) is 11.5 Å². The van der Waals surface area contributed by atoms with Crippen molar-refractivity contribution in [3.05, 3.63) is 28.8 Å². The van der Waals surface area contributed by atoms with Gasteiger partial charge in [-0.25, -0.2) is 4.79 Å². The van der Waals surface area contributed by atoms with Gasteiger partial charge in [0.2, 0.25) is 11.8 Å². The van der Waals surface area contributed by atoms with Crippen molar-refractivity contribution in [3.63, 3.8) is 0 Å². The zero-order valence-corrected chi connectivity index (χ0v) is 14.5. The Morgan fingerprint density at radius 1 is 1.38 bits per heavy atom. The maximum atomic E-state index is 13.3. The normalized spacial score (nSPS) is 24.2. The lowest BCUT2D eigenvalue weighted by molar-refractivity contribution is -0.143. The van der Waals surface area contributed by atoms with E-state index in [0.717, 1.165) is 0 Å². The van der Waals surface area contributed by atoms with Crippen LogP contribution in [-0.2, 0) is 19.8 Å². The SMILES string of the molecule is CC(C)(C)C(C(=O)O)N1C(=O)C2(CNC(=O)C2)c2cc(Cl)ccc21. The van der Waals surface area contributed by atoms with E-state index in [2.05, 4.69) is 5.32 Å². The highest BCUT2D eigenvalue weighted by Gasteiger charge is 2.58. The second kappa shape index (κ2) is 5.21. The average molecular weight is 351 g/mol. The van der Waals surface area contributed by atoms with Gasteiger partial charge in [-0.15, -0.1) is 0 Å². The fourth-order valence-electron chi connectivity index (χ4n) is 3.67. The summed E-state index contributed by atoms with van der Waals surface area (Å²) in [6.07, 6.45) is 0.00611. The van der Waals surface area contributed by atoms with Gasteiger partial charge in [0.05, 0.1) is 0 Å². The highest BCUT2D eigenvalue weighted by Crippen LogP contribution is 2.49. The molecule has 24 heavy (non-hydrogen) atoms. The van der Waals surface area contributed by atoms with Crippen molar-refractivity contribution < 1.29 is 19.5 Å². The van der Waals surface area contributed by atoms with E-state index in [-0.39, 0.29) is 24.8 Å². The molecule has 0 bridgehead atoms. The molecule has 2 aliphatic rings. The Morgan fingerprint density at radius 3 is 2.54 bits per heavy atom. The van der Waals surface area contributed by atoms with Crippen LogP contribution < -0.4 is 10.2 Å². The van der Waals surface area contributed by atoms with Gasteiger partial charge in [0.25, 0.3) is 0 Å². The van der Waals surface area contributed by atoms with Crippen LogP contribution in [0.25, 0.3) is 0 Å². The fraction of sp³-hybridized carbons (Fsp3) is 0.471. The predicted octanol–water partition coefficient (Wildman–Crippen LogP) is 1.94. The molecule has 2 amide bonds. The summed E-state index contributed by atoms with van der Waals surface area (Å²) < 4.78 is 0. The third kappa shape index (κ3) is 2.28. The molecule has 0 aromatic heterocycles. The number of carboxylic acids is 1. The molecule has 0 saturated carbocycles. The number of carbonyl (C=O) groups excluding carboxylic acids is 2. The highest BCUT2D eigenvalue weighted by atomic mass is 35.5. The number of carboxylic acid groups (broad SMARTS) is 1. The summed E-state index contributed by atoms with van der Waals surface area (Å²) in [4.78, 5) is 38.3. The first-order chi connectivity index (χ1) is 11.1. The summed E-state index contributed by atoms with van der Waals surface area (Å²) in [6, 6.07) is 3.91. The summed E-state index contributed by atoms with van der Waals surface area (Å²) in [6.45, 7) is 5.48. The van der Waals surface area contributed by atoms with E-state index >= 15 is 0 Å². The van der Waals surface area contributed by atoms with E-state index in [9.17, 15) is 19.5 Å². The third-order valence-electron chi connectivity index (χ3n) is 4.72. The molecule has 6 nitrogen and oxygen atoms in total. The first-order valence-electron chi connectivity index (χ1n) is 7.71. The second-order valence-electron chi connectivity index (χ2n) is 7.48. The molecule has 1 saturated heterocycles. The first-order valence-corrected chi connectivity index (χ1v) is 8.09. The molecule has 0 radical (unpaired) electrons. The van der Waals surface area contributed by atoms with Crippen molar-refractivity contribution in [2.45, 2.75) is 38.6 Å². The van der Waals surface area contributed by atoms with Crippen LogP contribution in [0.2, 0.25) is 5.02 Å². The van der Waals surface area contributed by atoms with E-state index in [1.54, 1.807) is 39.0 Å². The van der Waals surface area contributed by atoms with E-state index in [4.69, 9.17) is 11.6 Å². The molecule has 128 valence electrons. The van der Waals surface area contributed by atoms with Crippen molar-refractivity contribution in [2.75, 3.05) is 11.4 Å². The lowest BCUT2D eigenvalue weighted by Gasteiger charge is -2.36. The molecule has 0 aliphatic carbocycles. The maximum Gasteiger partial charge on any atom is 0.327 e. The van der Waals surface area contributed by atoms with E-state index in [1.165, 1.54) is 4.90 Å². The topological polar surface area (TPSA) is 86.7 Å². The Morgan fingerprint density at radius 2 is 2.04 bits per heavy atom. The Balaban J connectivity index is 2.22. The molecule has 1 aromatic carbocycles. The molecule has 2 heterocycles. The number of rotatable bonds is 2. The lowest BCUT2D eigenvalue weighted by Crippen LogP contribution is -2.54. The van der Waals surface area contributed by atoms with E-state index in [0.29, 0.717) is 16.3 Å². The van der Waals surface area contributed by atoms with Gasteiger partial charge < -0.3 is 10.4 Å². The Labute approximate surface area is 144 Å². The average Bonchev–Trinajstić information content (AvgIpc) is 2.93. The number of benzene rings is 1. The molecule has 1 aromatic rings. The van der Waals surface area contributed by atoms with Crippen molar-refractivity contribution in [1.82, 2.24) is 5.32 Å². The maximum absolute atomic E-state index is 13.3. The number of aliphatic carboxylic acids is 1. The quantitative estimate of drug-likeness (QED) is 0.853. The van der Waals surface area contributed by atoms with Gasteiger partial charge in [-0.1, -0.05) is 32.4 Å². The van der Waals surface area contributed by atoms with Crippen molar-refractivity contribution in [2.24, 2.45) is 5.41 Å². The van der Waals surface area contributed by atoms with Gasteiger partial charge in [-0.05, 0) is 29.2 Å². The number of carbonyl (C=O) groups is 3. The van der Waals surface area contributed by atoms with Crippen molar-refractivity contribution in [3.8, 4) is 0 Å². The van der Waals surface area contributed by atoms with Crippen LogP contribution in [0, 0.1) is 5.41 Å². The molecule has 2 atom stereocenters. The Bertz CT molecular complexity index is 755. The predicted molar refractivity (Wildman–Crippen MR) is 89.1 cm³/mol. The Kier molecular flexibility index (Phi) is 3.64. The van der Waals surface area contributed by atoms with Crippen LogP contribution in [0.15, 0.2) is 18.2 Å². The summed E-state index contributed by atoms with van der Waals surface area (Å²) in [7, 11) is 0. The summed E-state index contributed by atoms with van der Waals surface area (Å²) in [5, 5.41) is 12.9. The monoisotopic (exact) mass is 350 g/mol. The molecule has 7 heteroatoms. The minimum absolute atomic E-state index is 0.00611. The molecular weight excluding hydrogens is 332 g/mol. The van der Waals surface area contributed by atoms with Crippen LogP contribution in [0.5, 0.6) is 0 Å². The lowest BCUT2D eigenvalue weighted by atomic mass is 9.80. The number of nitrogens with one attached hydrogen (secondary N) is 1. The second-order valence-corrected chi connectivity index (χ2v) is 7.92. The number of amides is 2. The number of fused-ring (bicyclic) bond motifs is 2. The van der Waals surface area contributed by atoms with Crippen LogP contribution in [0.1, 0.15) is 32.8 Å². The molecular formula is C17H19ClN2O4. The number of hydrogen-bond donors (Lipinski definition) is 2. The smallest absolute Gasteiger partial charge is 0.327 e. The number of hydrogen-bond acceptors (Lipinski definition) is 3. The van der Waals surface area contributed by atoms with Gasteiger partial charge >= 0.3 is 5.97 Å². The number of nitrogens with zero attached hydrogens (tertiary/aromatic N) is 1. The summed E-state index contributed by atoms with van der Waals surface area (Å²) in [5.41, 5.74) is -0.618. The van der Waals surface area contributed by atoms with Crippen LogP contribution in [0.4, 0.5) is 5.69 Å². The molecule has 1 fully saturated rings. The fourth-order valence-corrected chi connectivity index (χ4v) is 3.84. The van der Waals surface area contributed by atoms with E-state index < -0.39 is 22.8 Å². The first kappa shape index (κ1) is 16.8. The van der Waals surface area contributed by atoms with Crippen molar-refractivity contribution >= 4 is 35.1 Å². The summed E-state index contributed by atoms with van der Waals surface area (Å²) in [5.74, 6) is -1.66.